The van der Waals surface area contributed by atoms with Gasteiger partial charge in [-0.25, -0.2) is 0 Å². The molecule has 0 atom stereocenters. The summed E-state index contributed by atoms with van der Waals surface area (Å²) in [4.78, 5) is 10.6. The van der Waals surface area contributed by atoms with Gasteiger partial charge < -0.3 is 0 Å². The lowest BCUT2D eigenvalue weighted by Gasteiger charge is -1.96. The molecule has 0 saturated carbocycles. The second-order valence-electron chi connectivity index (χ2n) is 2.67. The number of carbonyl (C=O) groups is 1. The lowest BCUT2D eigenvalue weighted by atomic mass is 10.2. The van der Waals surface area contributed by atoms with Crippen LogP contribution in [0.15, 0.2) is 24.4 Å². The summed E-state index contributed by atoms with van der Waals surface area (Å²) in [6, 6.07) is 5.58. The number of aryl methyl sites for hydroxylation is 1. The summed E-state index contributed by atoms with van der Waals surface area (Å²) in [5.41, 5.74) is 1.58. The molecule has 3 heteroatoms. The second-order valence-corrected chi connectivity index (χ2v) is 2.67. The Morgan fingerprint density at radius 1 is 1.50 bits per heavy atom. The fourth-order valence-electron chi connectivity index (χ4n) is 1.36. The monoisotopic (exact) mass is 160 g/mol. The molecular formula is C9H8N2O. The van der Waals surface area contributed by atoms with Crippen molar-refractivity contribution < 1.29 is 4.79 Å². The van der Waals surface area contributed by atoms with E-state index < -0.39 is 0 Å². The van der Waals surface area contributed by atoms with Crippen molar-refractivity contribution in [3.8, 4) is 0 Å². The zero-order chi connectivity index (χ0) is 8.55. The first-order valence-corrected chi connectivity index (χ1v) is 3.69. The van der Waals surface area contributed by atoms with E-state index in [1.807, 2.05) is 19.2 Å². The normalized spacial score (nSPS) is 10.4. The third-order valence-corrected chi connectivity index (χ3v) is 1.92. The van der Waals surface area contributed by atoms with Gasteiger partial charge in [-0.15, -0.1) is 0 Å². The van der Waals surface area contributed by atoms with Crippen LogP contribution in [0, 0.1) is 0 Å². The van der Waals surface area contributed by atoms with Crippen molar-refractivity contribution in [2.45, 2.75) is 0 Å². The Morgan fingerprint density at radius 3 is 3.08 bits per heavy atom. The van der Waals surface area contributed by atoms with Crippen LogP contribution in [0.2, 0.25) is 0 Å². The van der Waals surface area contributed by atoms with Crippen molar-refractivity contribution in [1.29, 1.82) is 0 Å². The molecule has 0 saturated heterocycles. The average Bonchev–Trinajstić information content (AvgIpc) is 2.48. The number of aldehydes is 1. The van der Waals surface area contributed by atoms with E-state index in [4.69, 9.17) is 0 Å². The SMILES string of the molecule is Cn1ncc2cccc(C=O)c21. The first-order chi connectivity index (χ1) is 5.83. The number of para-hydroxylation sites is 1. The molecule has 2 aromatic rings. The minimum atomic E-state index is 0.688. The van der Waals surface area contributed by atoms with E-state index in [0.29, 0.717) is 5.56 Å². The van der Waals surface area contributed by atoms with E-state index in [2.05, 4.69) is 5.10 Å². The minimum Gasteiger partial charge on any atom is -0.298 e. The minimum absolute atomic E-state index is 0.688. The summed E-state index contributed by atoms with van der Waals surface area (Å²) in [5.74, 6) is 0. The van der Waals surface area contributed by atoms with Crippen molar-refractivity contribution >= 4 is 17.2 Å². The van der Waals surface area contributed by atoms with Gasteiger partial charge in [0, 0.05) is 18.0 Å². The summed E-state index contributed by atoms with van der Waals surface area (Å²) < 4.78 is 1.71. The number of hydrogen-bond acceptors (Lipinski definition) is 2. The summed E-state index contributed by atoms with van der Waals surface area (Å²) in [5, 5.41) is 5.06. The lowest BCUT2D eigenvalue weighted by Crippen LogP contribution is -1.92. The molecule has 1 heterocycles. The molecule has 0 bridgehead atoms. The fraction of sp³-hybridized carbons (Fsp3) is 0.111. The number of aromatic nitrogens is 2. The third kappa shape index (κ3) is 0.830. The molecule has 0 unspecified atom stereocenters. The summed E-state index contributed by atoms with van der Waals surface area (Å²) in [7, 11) is 1.83. The van der Waals surface area contributed by atoms with Gasteiger partial charge in [0.1, 0.15) is 0 Å². The first kappa shape index (κ1) is 7.03. The van der Waals surface area contributed by atoms with Gasteiger partial charge in [0.25, 0.3) is 0 Å². The van der Waals surface area contributed by atoms with Crippen molar-refractivity contribution in [1.82, 2.24) is 9.78 Å². The van der Waals surface area contributed by atoms with Crippen LogP contribution >= 0.6 is 0 Å². The van der Waals surface area contributed by atoms with Gasteiger partial charge in [0.15, 0.2) is 6.29 Å². The topological polar surface area (TPSA) is 34.9 Å². The van der Waals surface area contributed by atoms with Gasteiger partial charge in [-0.1, -0.05) is 12.1 Å². The van der Waals surface area contributed by atoms with Crippen LogP contribution < -0.4 is 0 Å². The highest BCUT2D eigenvalue weighted by Crippen LogP contribution is 2.15. The molecule has 0 aliphatic heterocycles. The maximum Gasteiger partial charge on any atom is 0.152 e. The van der Waals surface area contributed by atoms with Crippen LogP contribution in [-0.4, -0.2) is 16.1 Å². The number of hydrogen-bond donors (Lipinski definition) is 0. The van der Waals surface area contributed by atoms with E-state index >= 15 is 0 Å². The zero-order valence-electron chi connectivity index (χ0n) is 6.69. The predicted octanol–water partition coefficient (Wildman–Crippen LogP) is 1.39. The molecule has 0 aliphatic carbocycles. The Morgan fingerprint density at radius 2 is 2.33 bits per heavy atom. The highest BCUT2D eigenvalue weighted by atomic mass is 16.1. The molecule has 12 heavy (non-hydrogen) atoms. The predicted molar refractivity (Wildman–Crippen MR) is 46.1 cm³/mol. The van der Waals surface area contributed by atoms with Crippen LogP contribution in [-0.2, 0) is 7.05 Å². The average molecular weight is 160 g/mol. The Labute approximate surface area is 69.6 Å². The van der Waals surface area contributed by atoms with E-state index in [0.717, 1.165) is 17.2 Å². The summed E-state index contributed by atoms with van der Waals surface area (Å²) in [6.45, 7) is 0. The Hall–Kier alpha value is -1.64. The lowest BCUT2D eigenvalue weighted by molar-refractivity contribution is 0.112. The van der Waals surface area contributed by atoms with Gasteiger partial charge in [0.05, 0.1) is 11.7 Å². The number of rotatable bonds is 1. The summed E-state index contributed by atoms with van der Waals surface area (Å²) >= 11 is 0. The van der Waals surface area contributed by atoms with E-state index in [9.17, 15) is 4.79 Å². The fourth-order valence-corrected chi connectivity index (χ4v) is 1.36. The molecule has 0 aliphatic rings. The van der Waals surface area contributed by atoms with Crippen molar-refractivity contribution in [3.05, 3.63) is 30.0 Å². The van der Waals surface area contributed by atoms with Gasteiger partial charge in [-0.2, -0.15) is 5.10 Å². The van der Waals surface area contributed by atoms with Crippen LogP contribution in [0.3, 0.4) is 0 Å². The van der Waals surface area contributed by atoms with E-state index in [1.165, 1.54) is 0 Å². The number of nitrogens with zero attached hydrogens (tertiary/aromatic N) is 2. The third-order valence-electron chi connectivity index (χ3n) is 1.92. The molecule has 0 amide bonds. The highest BCUT2D eigenvalue weighted by Gasteiger charge is 2.02. The molecular weight excluding hydrogens is 152 g/mol. The first-order valence-electron chi connectivity index (χ1n) is 3.69. The molecule has 2 rings (SSSR count). The molecule has 0 radical (unpaired) electrons. The molecule has 60 valence electrons. The standard InChI is InChI=1S/C9H8N2O/c1-11-9-7(5-10-11)3-2-4-8(9)6-12/h2-6H,1H3. The van der Waals surface area contributed by atoms with Crippen molar-refractivity contribution in [2.24, 2.45) is 7.05 Å². The molecule has 1 aromatic carbocycles. The largest absolute Gasteiger partial charge is 0.298 e. The maximum atomic E-state index is 10.6. The van der Waals surface area contributed by atoms with Crippen LogP contribution in [0.1, 0.15) is 10.4 Å². The van der Waals surface area contributed by atoms with Crippen molar-refractivity contribution in [2.75, 3.05) is 0 Å². The number of fused-ring (bicyclic) bond motifs is 1. The van der Waals surface area contributed by atoms with Gasteiger partial charge in [-0.05, 0) is 6.07 Å². The molecule has 0 spiro atoms. The van der Waals surface area contributed by atoms with Gasteiger partial charge >= 0.3 is 0 Å². The van der Waals surface area contributed by atoms with Gasteiger partial charge in [0.2, 0.25) is 0 Å². The zero-order valence-corrected chi connectivity index (χ0v) is 6.69. The maximum absolute atomic E-state index is 10.6. The Bertz CT molecular complexity index is 431. The quantitative estimate of drug-likeness (QED) is 0.591. The molecule has 3 nitrogen and oxygen atoms in total. The van der Waals surface area contributed by atoms with E-state index in [1.54, 1.807) is 16.9 Å². The van der Waals surface area contributed by atoms with Crippen LogP contribution in [0.4, 0.5) is 0 Å². The van der Waals surface area contributed by atoms with E-state index in [-0.39, 0.29) is 0 Å². The molecule has 0 N–H and O–H groups in total. The number of benzene rings is 1. The second kappa shape index (κ2) is 2.44. The molecule has 0 fully saturated rings. The Balaban J connectivity index is 2.93. The van der Waals surface area contributed by atoms with Crippen LogP contribution in [0.25, 0.3) is 10.9 Å². The smallest absolute Gasteiger partial charge is 0.152 e. The van der Waals surface area contributed by atoms with Gasteiger partial charge in [-0.3, -0.25) is 9.48 Å². The Kier molecular flexibility index (Phi) is 1.43. The van der Waals surface area contributed by atoms with Crippen LogP contribution in [0.5, 0.6) is 0 Å². The summed E-state index contributed by atoms with van der Waals surface area (Å²) in [6.07, 6.45) is 2.60. The van der Waals surface area contributed by atoms with Crippen molar-refractivity contribution in [3.63, 3.8) is 0 Å². The number of carbonyl (C=O) groups excluding carboxylic acids is 1. The molecule has 1 aromatic heterocycles. The highest BCUT2D eigenvalue weighted by molar-refractivity contribution is 5.95.